The molecule has 0 aliphatic carbocycles. The van der Waals surface area contributed by atoms with Crippen molar-refractivity contribution in [1.82, 2.24) is 5.32 Å². The number of ether oxygens (including phenoxy) is 1. The van der Waals surface area contributed by atoms with Gasteiger partial charge in [-0.15, -0.1) is 0 Å². The van der Waals surface area contributed by atoms with Crippen molar-refractivity contribution < 1.29 is 4.74 Å². The van der Waals surface area contributed by atoms with Crippen molar-refractivity contribution in [2.75, 3.05) is 6.61 Å². The fourth-order valence-corrected chi connectivity index (χ4v) is 2.68. The summed E-state index contributed by atoms with van der Waals surface area (Å²) in [5, 5.41) is 3.67. The van der Waals surface area contributed by atoms with E-state index in [1.165, 1.54) is 11.1 Å². The topological polar surface area (TPSA) is 21.3 Å². The van der Waals surface area contributed by atoms with Crippen LogP contribution in [0.3, 0.4) is 0 Å². The number of aryl methyl sites for hydroxylation is 1. The molecule has 2 rings (SSSR count). The van der Waals surface area contributed by atoms with Gasteiger partial charge in [0.1, 0.15) is 0 Å². The van der Waals surface area contributed by atoms with E-state index < -0.39 is 0 Å². The fourth-order valence-electron chi connectivity index (χ4n) is 2.68. The van der Waals surface area contributed by atoms with Crippen molar-refractivity contribution in [1.29, 1.82) is 0 Å². The SMILES string of the molecule is CCc1ccc(C2OCCC(C)(C)NC2C)cc1. The van der Waals surface area contributed by atoms with Crippen LogP contribution in [-0.4, -0.2) is 18.2 Å². The molecular formula is C16H25NO. The van der Waals surface area contributed by atoms with E-state index in [1.807, 2.05) is 0 Å². The molecule has 0 amide bonds. The molecule has 1 aromatic rings. The zero-order valence-corrected chi connectivity index (χ0v) is 12.0. The van der Waals surface area contributed by atoms with Gasteiger partial charge in [0.25, 0.3) is 0 Å². The first kappa shape index (κ1) is 13.6. The van der Waals surface area contributed by atoms with Gasteiger partial charge in [-0.3, -0.25) is 0 Å². The minimum atomic E-state index is 0.164. The van der Waals surface area contributed by atoms with E-state index in [9.17, 15) is 0 Å². The maximum atomic E-state index is 6.05. The average Bonchev–Trinajstić information content (AvgIpc) is 2.47. The van der Waals surface area contributed by atoms with Gasteiger partial charge >= 0.3 is 0 Å². The van der Waals surface area contributed by atoms with E-state index in [2.05, 4.69) is 57.3 Å². The highest BCUT2D eigenvalue weighted by molar-refractivity contribution is 5.25. The molecule has 1 saturated heterocycles. The minimum Gasteiger partial charge on any atom is -0.372 e. The Hall–Kier alpha value is -0.860. The van der Waals surface area contributed by atoms with Crippen LogP contribution in [-0.2, 0) is 11.2 Å². The van der Waals surface area contributed by atoms with Crippen molar-refractivity contribution in [2.45, 2.75) is 58.2 Å². The highest BCUT2D eigenvalue weighted by Gasteiger charge is 2.30. The normalized spacial score (nSPS) is 27.8. The number of hydrogen-bond acceptors (Lipinski definition) is 2. The lowest BCUT2D eigenvalue weighted by atomic mass is 9.97. The first-order valence-electron chi connectivity index (χ1n) is 7.00. The summed E-state index contributed by atoms with van der Waals surface area (Å²) in [6, 6.07) is 9.18. The summed E-state index contributed by atoms with van der Waals surface area (Å²) in [6.45, 7) is 9.71. The molecule has 2 nitrogen and oxygen atoms in total. The number of hydrogen-bond donors (Lipinski definition) is 1. The largest absolute Gasteiger partial charge is 0.372 e. The van der Waals surface area contributed by atoms with Gasteiger partial charge in [-0.25, -0.2) is 0 Å². The van der Waals surface area contributed by atoms with Crippen LogP contribution in [0.25, 0.3) is 0 Å². The summed E-state index contributed by atoms with van der Waals surface area (Å²) >= 11 is 0. The van der Waals surface area contributed by atoms with Crippen molar-refractivity contribution in [3.63, 3.8) is 0 Å². The third kappa shape index (κ3) is 3.12. The molecule has 1 N–H and O–H groups in total. The Morgan fingerprint density at radius 1 is 1.28 bits per heavy atom. The molecule has 0 radical (unpaired) electrons. The minimum absolute atomic E-state index is 0.164. The van der Waals surface area contributed by atoms with Crippen LogP contribution < -0.4 is 5.32 Å². The van der Waals surface area contributed by atoms with Gasteiger partial charge in [0.05, 0.1) is 6.10 Å². The molecule has 0 bridgehead atoms. The monoisotopic (exact) mass is 247 g/mol. The fraction of sp³-hybridized carbons (Fsp3) is 0.625. The van der Waals surface area contributed by atoms with Gasteiger partial charge in [0.15, 0.2) is 0 Å². The van der Waals surface area contributed by atoms with Gasteiger partial charge in [-0.1, -0.05) is 31.2 Å². The average molecular weight is 247 g/mol. The maximum absolute atomic E-state index is 6.05. The van der Waals surface area contributed by atoms with Gasteiger partial charge < -0.3 is 10.1 Å². The van der Waals surface area contributed by atoms with Gasteiger partial charge in [-0.2, -0.15) is 0 Å². The van der Waals surface area contributed by atoms with Crippen LogP contribution in [0.1, 0.15) is 51.3 Å². The van der Waals surface area contributed by atoms with Crippen molar-refractivity contribution in [3.05, 3.63) is 35.4 Å². The molecule has 100 valence electrons. The summed E-state index contributed by atoms with van der Waals surface area (Å²) in [5.74, 6) is 0. The van der Waals surface area contributed by atoms with E-state index >= 15 is 0 Å². The molecule has 18 heavy (non-hydrogen) atoms. The standard InChI is InChI=1S/C16H25NO/c1-5-13-6-8-14(9-7-13)15-12(2)17-16(3,4)10-11-18-15/h6-9,12,15,17H,5,10-11H2,1-4H3. The van der Waals surface area contributed by atoms with Crippen LogP contribution >= 0.6 is 0 Å². The van der Waals surface area contributed by atoms with Crippen LogP contribution in [0, 0.1) is 0 Å². The van der Waals surface area contributed by atoms with Crippen LogP contribution in [0.2, 0.25) is 0 Å². The molecule has 1 aliphatic heterocycles. The van der Waals surface area contributed by atoms with E-state index in [0.29, 0.717) is 6.04 Å². The molecule has 1 aliphatic rings. The predicted octanol–water partition coefficient (Wildman–Crippen LogP) is 3.47. The number of benzene rings is 1. The van der Waals surface area contributed by atoms with Crippen molar-refractivity contribution in [2.24, 2.45) is 0 Å². The highest BCUT2D eigenvalue weighted by Crippen LogP contribution is 2.27. The second-order valence-electron chi connectivity index (χ2n) is 5.95. The van der Waals surface area contributed by atoms with E-state index in [-0.39, 0.29) is 11.6 Å². The molecule has 0 spiro atoms. The van der Waals surface area contributed by atoms with Gasteiger partial charge in [-0.05, 0) is 44.7 Å². The third-order valence-electron chi connectivity index (χ3n) is 3.81. The summed E-state index contributed by atoms with van der Waals surface area (Å²) in [6.07, 6.45) is 2.31. The van der Waals surface area contributed by atoms with Gasteiger partial charge in [0.2, 0.25) is 0 Å². The third-order valence-corrected chi connectivity index (χ3v) is 3.81. The predicted molar refractivity (Wildman–Crippen MR) is 75.8 cm³/mol. The number of nitrogens with one attached hydrogen (secondary N) is 1. The molecule has 2 atom stereocenters. The highest BCUT2D eigenvalue weighted by atomic mass is 16.5. The maximum Gasteiger partial charge on any atom is 0.0975 e. The smallest absolute Gasteiger partial charge is 0.0975 e. The Bertz CT molecular complexity index is 383. The summed E-state index contributed by atoms with van der Waals surface area (Å²) < 4.78 is 6.05. The summed E-state index contributed by atoms with van der Waals surface area (Å²) in [4.78, 5) is 0. The lowest BCUT2D eigenvalue weighted by Gasteiger charge is -2.29. The second kappa shape index (κ2) is 5.41. The lowest BCUT2D eigenvalue weighted by molar-refractivity contribution is 0.0460. The zero-order chi connectivity index (χ0) is 13.2. The first-order valence-corrected chi connectivity index (χ1v) is 7.00. The molecule has 2 heteroatoms. The molecule has 1 fully saturated rings. The van der Waals surface area contributed by atoms with Crippen LogP contribution in [0.4, 0.5) is 0 Å². The first-order chi connectivity index (χ1) is 8.52. The molecule has 1 aromatic carbocycles. The molecule has 2 unspecified atom stereocenters. The second-order valence-corrected chi connectivity index (χ2v) is 5.95. The summed E-state index contributed by atoms with van der Waals surface area (Å²) in [7, 11) is 0. The molecule has 1 heterocycles. The number of rotatable bonds is 2. The Morgan fingerprint density at radius 2 is 1.94 bits per heavy atom. The lowest BCUT2D eigenvalue weighted by Crippen LogP contribution is -2.45. The molecule has 0 saturated carbocycles. The zero-order valence-electron chi connectivity index (χ0n) is 12.0. The van der Waals surface area contributed by atoms with Gasteiger partial charge in [0, 0.05) is 18.2 Å². The Kier molecular flexibility index (Phi) is 4.08. The van der Waals surface area contributed by atoms with E-state index in [0.717, 1.165) is 19.4 Å². The van der Waals surface area contributed by atoms with E-state index in [4.69, 9.17) is 4.74 Å². The van der Waals surface area contributed by atoms with Crippen LogP contribution in [0.5, 0.6) is 0 Å². The van der Waals surface area contributed by atoms with Crippen molar-refractivity contribution >= 4 is 0 Å². The summed E-state index contributed by atoms with van der Waals surface area (Å²) in [5.41, 5.74) is 2.83. The Morgan fingerprint density at radius 3 is 2.56 bits per heavy atom. The van der Waals surface area contributed by atoms with E-state index in [1.54, 1.807) is 0 Å². The molecular weight excluding hydrogens is 222 g/mol. The van der Waals surface area contributed by atoms with Crippen molar-refractivity contribution in [3.8, 4) is 0 Å². The Labute approximate surface area is 111 Å². The Balaban J connectivity index is 2.15. The quantitative estimate of drug-likeness (QED) is 0.864. The molecule has 0 aromatic heterocycles. The van der Waals surface area contributed by atoms with Crippen LogP contribution in [0.15, 0.2) is 24.3 Å².